The highest BCUT2D eigenvalue weighted by atomic mass is 19.4. The second-order valence-corrected chi connectivity index (χ2v) is 5.69. The molecule has 0 fully saturated rings. The van der Waals surface area contributed by atoms with Crippen LogP contribution in [0.2, 0.25) is 0 Å². The van der Waals surface area contributed by atoms with Crippen LogP contribution in [0.4, 0.5) is 13.2 Å². The van der Waals surface area contributed by atoms with Crippen molar-refractivity contribution in [2.75, 3.05) is 6.54 Å². The summed E-state index contributed by atoms with van der Waals surface area (Å²) in [6.45, 7) is 3.44. The average molecular weight is 371 g/mol. The predicted molar refractivity (Wildman–Crippen MR) is 82.6 cm³/mol. The summed E-state index contributed by atoms with van der Waals surface area (Å²) in [7, 11) is 0. The monoisotopic (exact) mass is 371 g/mol. The molecule has 0 aliphatic carbocycles. The Morgan fingerprint density at radius 2 is 2.00 bits per heavy atom. The van der Waals surface area contributed by atoms with E-state index in [1.54, 1.807) is 13.8 Å². The van der Waals surface area contributed by atoms with E-state index in [-0.39, 0.29) is 30.5 Å². The van der Waals surface area contributed by atoms with Crippen LogP contribution in [-0.4, -0.2) is 54.4 Å². The fourth-order valence-corrected chi connectivity index (χ4v) is 2.12. The van der Waals surface area contributed by atoms with Crippen LogP contribution in [0, 0.1) is 0 Å². The minimum atomic E-state index is -4.50. The summed E-state index contributed by atoms with van der Waals surface area (Å²) >= 11 is 0. The van der Waals surface area contributed by atoms with E-state index in [2.05, 4.69) is 15.3 Å². The lowest BCUT2D eigenvalue weighted by atomic mass is 10.2. The lowest BCUT2D eigenvalue weighted by molar-refractivity contribution is -0.138. The molecule has 8 nitrogen and oxygen atoms in total. The van der Waals surface area contributed by atoms with Crippen molar-refractivity contribution in [3.63, 3.8) is 0 Å². The first kappa shape index (κ1) is 19.3. The number of aromatic nitrogens is 4. The number of halogens is 3. The number of pyridine rings is 1. The van der Waals surface area contributed by atoms with Gasteiger partial charge in [0.2, 0.25) is 0 Å². The highest BCUT2D eigenvalue weighted by Gasteiger charge is 2.31. The maximum Gasteiger partial charge on any atom is 0.417 e. The van der Waals surface area contributed by atoms with Gasteiger partial charge in [0.1, 0.15) is 0 Å². The van der Waals surface area contributed by atoms with E-state index in [0.29, 0.717) is 6.20 Å². The summed E-state index contributed by atoms with van der Waals surface area (Å²) in [4.78, 5) is 28.2. The van der Waals surface area contributed by atoms with Gasteiger partial charge in [-0.05, 0) is 26.0 Å². The first-order valence-electron chi connectivity index (χ1n) is 7.58. The van der Waals surface area contributed by atoms with Gasteiger partial charge in [0.05, 0.1) is 18.2 Å². The van der Waals surface area contributed by atoms with E-state index in [1.807, 2.05) is 0 Å². The zero-order valence-electron chi connectivity index (χ0n) is 13.9. The molecule has 0 aromatic carbocycles. The highest BCUT2D eigenvalue weighted by Crippen LogP contribution is 2.28. The Morgan fingerprint density at radius 3 is 2.50 bits per heavy atom. The van der Waals surface area contributed by atoms with E-state index < -0.39 is 23.6 Å². The molecule has 0 saturated carbocycles. The number of hydrogen-bond acceptors (Lipinski definition) is 5. The lowest BCUT2D eigenvalue weighted by Crippen LogP contribution is -2.38. The fourth-order valence-electron chi connectivity index (χ4n) is 2.12. The summed E-state index contributed by atoms with van der Waals surface area (Å²) in [6.07, 6.45) is -2.84. The van der Waals surface area contributed by atoms with Crippen molar-refractivity contribution in [3.8, 4) is 5.82 Å². The Kier molecular flexibility index (Phi) is 5.58. The van der Waals surface area contributed by atoms with Gasteiger partial charge in [-0.3, -0.25) is 9.59 Å². The summed E-state index contributed by atoms with van der Waals surface area (Å²) in [6, 6.07) is 1.69. The number of rotatable bonds is 6. The van der Waals surface area contributed by atoms with Crippen molar-refractivity contribution in [2.45, 2.75) is 32.5 Å². The standard InChI is InChI=1S/C15H16F3N5O3/c1-9(2)22(6-5-13(24)25)14(26)11-8-23(21-20-11)12-4-3-10(7-19-12)15(16,17)18/h3-4,7-9H,5-6H2,1-2H3,(H,24,25). The van der Waals surface area contributed by atoms with E-state index in [9.17, 15) is 22.8 Å². The normalized spacial score (nSPS) is 11.6. The lowest BCUT2D eigenvalue weighted by Gasteiger charge is -2.24. The third kappa shape index (κ3) is 4.55. The van der Waals surface area contributed by atoms with Crippen molar-refractivity contribution in [2.24, 2.45) is 0 Å². The van der Waals surface area contributed by atoms with Gasteiger partial charge < -0.3 is 10.0 Å². The quantitative estimate of drug-likeness (QED) is 0.834. The molecule has 2 heterocycles. The topological polar surface area (TPSA) is 101 Å². The molecule has 2 aromatic heterocycles. The number of carboxylic acids is 1. The minimum Gasteiger partial charge on any atom is -0.481 e. The third-order valence-corrected chi connectivity index (χ3v) is 3.47. The molecule has 0 saturated heterocycles. The van der Waals surface area contributed by atoms with E-state index >= 15 is 0 Å². The van der Waals surface area contributed by atoms with Gasteiger partial charge in [-0.25, -0.2) is 9.67 Å². The van der Waals surface area contributed by atoms with Crippen LogP contribution in [-0.2, 0) is 11.0 Å². The number of amides is 1. The molecule has 0 aliphatic heterocycles. The Bertz CT molecular complexity index is 787. The van der Waals surface area contributed by atoms with E-state index in [1.165, 1.54) is 11.1 Å². The molecule has 0 unspecified atom stereocenters. The molecule has 0 atom stereocenters. The predicted octanol–water partition coefficient (Wildman–Crippen LogP) is 2.01. The zero-order valence-corrected chi connectivity index (χ0v) is 13.9. The molecule has 2 aromatic rings. The van der Waals surface area contributed by atoms with E-state index in [0.717, 1.165) is 16.8 Å². The van der Waals surface area contributed by atoms with Crippen LogP contribution in [0.5, 0.6) is 0 Å². The molecule has 0 spiro atoms. The SMILES string of the molecule is CC(C)N(CCC(=O)O)C(=O)c1cn(-c2ccc(C(F)(F)F)cn2)nn1. The average Bonchev–Trinajstić information content (AvgIpc) is 3.03. The summed E-state index contributed by atoms with van der Waals surface area (Å²) in [5, 5.41) is 16.2. The Hall–Kier alpha value is -2.98. The fraction of sp³-hybridized carbons (Fsp3) is 0.400. The molecule has 0 radical (unpaired) electrons. The smallest absolute Gasteiger partial charge is 0.417 e. The van der Waals surface area contributed by atoms with Crippen LogP contribution in [0.3, 0.4) is 0 Å². The molecule has 140 valence electrons. The van der Waals surface area contributed by atoms with Crippen molar-refractivity contribution in [1.82, 2.24) is 24.9 Å². The Morgan fingerprint density at radius 1 is 1.31 bits per heavy atom. The molecule has 1 N–H and O–H groups in total. The summed E-state index contributed by atoms with van der Waals surface area (Å²) < 4.78 is 38.7. The Labute approximate surface area is 146 Å². The van der Waals surface area contributed by atoms with Crippen molar-refractivity contribution >= 4 is 11.9 Å². The zero-order chi connectivity index (χ0) is 19.5. The number of carboxylic acid groups (broad SMARTS) is 1. The van der Waals surface area contributed by atoms with Crippen molar-refractivity contribution in [3.05, 3.63) is 35.8 Å². The molecule has 2 rings (SSSR count). The number of nitrogens with zero attached hydrogens (tertiary/aromatic N) is 5. The van der Waals surface area contributed by atoms with Gasteiger partial charge >= 0.3 is 12.1 Å². The van der Waals surface area contributed by atoms with Crippen molar-refractivity contribution in [1.29, 1.82) is 0 Å². The third-order valence-electron chi connectivity index (χ3n) is 3.47. The van der Waals surface area contributed by atoms with Gasteiger partial charge in [0.15, 0.2) is 11.5 Å². The van der Waals surface area contributed by atoms with Crippen LogP contribution in [0.25, 0.3) is 5.82 Å². The molecule has 11 heteroatoms. The van der Waals surface area contributed by atoms with Gasteiger partial charge in [0.25, 0.3) is 5.91 Å². The summed E-state index contributed by atoms with van der Waals surface area (Å²) in [5.41, 5.74) is -0.969. The van der Waals surface area contributed by atoms with Gasteiger partial charge in [-0.15, -0.1) is 5.10 Å². The molecule has 0 bridgehead atoms. The molecular formula is C15H16F3N5O3. The molecule has 0 aliphatic rings. The first-order valence-corrected chi connectivity index (χ1v) is 7.58. The number of carbonyl (C=O) groups excluding carboxylic acids is 1. The van der Waals surface area contributed by atoms with Crippen molar-refractivity contribution < 1.29 is 27.9 Å². The molecular weight excluding hydrogens is 355 g/mol. The van der Waals surface area contributed by atoms with Gasteiger partial charge in [-0.1, -0.05) is 5.21 Å². The van der Waals surface area contributed by atoms with Gasteiger partial charge in [-0.2, -0.15) is 13.2 Å². The van der Waals surface area contributed by atoms with Crippen LogP contribution < -0.4 is 0 Å². The maximum absolute atomic E-state index is 12.6. The number of alkyl halides is 3. The molecule has 26 heavy (non-hydrogen) atoms. The number of carbonyl (C=O) groups is 2. The van der Waals surface area contributed by atoms with Gasteiger partial charge in [0, 0.05) is 18.8 Å². The largest absolute Gasteiger partial charge is 0.481 e. The minimum absolute atomic E-state index is 0.00275. The van der Waals surface area contributed by atoms with E-state index in [4.69, 9.17) is 5.11 Å². The summed E-state index contributed by atoms with van der Waals surface area (Å²) in [5.74, 6) is -1.51. The first-order chi connectivity index (χ1) is 12.1. The maximum atomic E-state index is 12.6. The van der Waals surface area contributed by atoms with Crippen LogP contribution in [0.1, 0.15) is 36.3 Å². The highest BCUT2D eigenvalue weighted by molar-refractivity contribution is 5.92. The number of aliphatic carboxylic acids is 1. The Balaban J connectivity index is 2.19. The van der Waals surface area contributed by atoms with Crippen LogP contribution in [0.15, 0.2) is 24.5 Å². The second kappa shape index (κ2) is 7.50. The van der Waals surface area contributed by atoms with Crippen LogP contribution >= 0.6 is 0 Å². The second-order valence-electron chi connectivity index (χ2n) is 5.69. The molecule has 1 amide bonds. The number of hydrogen-bond donors (Lipinski definition) is 1.